The van der Waals surface area contributed by atoms with E-state index in [-0.39, 0.29) is 17.4 Å². The van der Waals surface area contributed by atoms with E-state index in [0.717, 1.165) is 32.4 Å². The van der Waals surface area contributed by atoms with Gasteiger partial charge in [-0.3, -0.25) is 4.79 Å². The fraction of sp³-hybridized carbons (Fsp3) is 0.611. The third-order valence-corrected chi connectivity index (χ3v) is 4.99. The molecule has 3 heterocycles. The highest BCUT2D eigenvalue weighted by molar-refractivity contribution is 5.95. The molecule has 23 heavy (non-hydrogen) atoms. The van der Waals surface area contributed by atoms with Crippen LogP contribution in [0.3, 0.4) is 0 Å². The third-order valence-electron chi connectivity index (χ3n) is 4.99. The number of nitrogens with zero attached hydrogens (tertiary/aromatic N) is 1. The Kier molecular flexibility index (Phi) is 4.87. The Balaban J connectivity index is 1.76. The maximum Gasteiger partial charge on any atom is 0.257 e. The molecule has 2 aliphatic rings. The summed E-state index contributed by atoms with van der Waals surface area (Å²) in [6, 6.07) is 1.75. The number of fused-ring (bicyclic) bond motifs is 1. The monoisotopic (exact) mass is 319 g/mol. The maximum absolute atomic E-state index is 12.8. The molecule has 0 bridgehead atoms. The number of rotatable bonds is 5. The van der Waals surface area contributed by atoms with Crippen LogP contribution in [-0.2, 0) is 9.47 Å². The Morgan fingerprint density at radius 3 is 3.22 bits per heavy atom. The number of carbonyl (C=O) groups is 1. The molecular formula is C18H25NO4. The van der Waals surface area contributed by atoms with Crippen molar-refractivity contribution in [3.05, 3.63) is 36.3 Å². The number of piperidine rings is 1. The number of carbonyl (C=O) groups excluding carboxylic acids is 1. The second-order valence-electron chi connectivity index (χ2n) is 6.54. The van der Waals surface area contributed by atoms with E-state index in [1.54, 1.807) is 18.4 Å². The van der Waals surface area contributed by atoms with Crippen LogP contribution in [0.5, 0.6) is 0 Å². The smallest absolute Gasteiger partial charge is 0.257 e. The van der Waals surface area contributed by atoms with Crippen molar-refractivity contribution in [2.24, 2.45) is 5.41 Å². The molecule has 5 heteroatoms. The van der Waals surface area contributed by atoms with Crippen molar-refractivity contribution in [1.29, 1.82) is 0 Å². The number of hydrogen-bond acceptors (Lipinski definition) is 4. The minimum Gasteiger partial charge on any atom is -0.469 e. The highest BCUT2D eigenvalue weighted by Gasteiger charge is 2.47. The van der Waals surface area contributed by atoms with E-state index in [1.165, 1.54) is 0 Å². The van der Waals surface area contributed by atoms with Gasteiger partial charge in [-0.2, -0.15) is 0 Å². The summed E-state index contributed by atoms with van der Waals surface area (Å²) in [5.41, 5.74) is 0.551. The number of likely N-dealkylation sites (tertiary alicyclic amines) is 1. The second-order valence-corrected chi connectivity index (χ2v) is 6.54. The molecule has 0 aliphatic carbocycles. The van der Waals surface area contributed by atoms with Crippen LogP contribution in [0.2, 0.25) is 0 Å². The average molecular weight is 319 g/mol. The van der Waals surface area contributed by atoms with Gasteiger partial charge in [0.15, 0.2) is 0 Å². The molecule has 0 radical (unpaired) electrons. The van der Waals surface area contributed by atoms with Gasteiger partial charge in [0.1, 0.15) is 5.76 Å². The van der Waals surface area contributed by atoms with Crippen molar-refractivity contribution in [3.8, 4) is 0 Å². The van der Waals surface area contributed by atoms with E-state index in [2.05, 4.69) is 6.58 Å². The maximum atomic E-state index is 12.8. The van der Waals surface area contributed by atoms with Crippen molar-refractivity contribution in [2.45, 2.75) is 32.3 Å². The van der Waals surface area contributed by atoms with E-state index in [9.17, 15) is 4.79 Å². The summed E-state index contributed by atoms with van der Waals surface area (Å²) in [6.07, 6.45) is 6.41. The molecule has 2 aliphatic heterocycles. The lowest BCUT2D eigenvalue weighted by atomic mass is 9.73. The molecule has 0 spiro atoms. The summed E-state index contributed by atoms with van der Waals surface area (Å²) < 4.78 is 17.0. The van der Waals surface area contributed by atoms with Crippen LogP contribution < -0.4 is 0 Å². The second kappa shape index (κ2) is 6.89. The van der Waals surface area contributed by atoms with Gasteiger partial charge in [-0.05, 0) is 32.3 Å². The first-order valence-corrected chi connectivity index (χ1v) is 8.30. The van der Waals surface area contributed by atoms with Crippen LogP contribution in [0.15, 0.2) is 29.4 Å². The lowest BCUT2D eigenvalue weighted by Crippen LogP contribution is -2.58. The van der Waals surface area contributed by atoms with Crippen molar-refractivity contribution in [1.82, 2.24) is 4.90 Å². The Morgan fingerprint density at radius 1 is 1.61 bits per heavy atom. The Bertz CT molecular complexity index is 567. The summed E-state index contributed by atoms with van der Waals surface area (Å²) in [7, 11) is 0. The van der Waals surface area contributed by atoms with Crippen molar-refractivity contribution in [2.75, 3.05) is 32.9 Å². The van der Waals surface area contributed by atoms with Gasteiger partial charge in [-0.1, -0.05) is 6.08 Å². The predicted octanol–water partition coefficient (Wildman–Crippen LogP) is 2.80. The number of furan rings is 1. The highest BCUT2D eigenvalue weighted by atomic mass is 16.5. The van der Waals surface area contributed by atoms with Gasteiger partial charge in [0, 0.05) is 25.1 Å². The van der Waals surface area contributed by atoms with Gasteiger partial charge in [-0.15, -0.1) is 6.58 Å². The SMILES string of the molecule is C=CCOCC12CCCOC1CCN(C(=O)c1ccoc1C)C2. The van der Waals surface area contributed by atoms with E-state index in [0.29, 0.717) is 31.1 Å². The molecule has 126 valence electrons. The standard InChI is InChI=1S/C18H25NO4/c1-3-9-21-13-18-7-4-10-23-16(18)5-8-19(12-18)17(20)15-6-11-22-14(15)2/h3,6,11,16H,1,4-5,7-10,12-13H2,2H3. The lowest BCUT2D eigenvalue weighted by Gasteiger charge is -2.50. The molecular weight excluding hydrogens is 294 g/mol. The molecule has 0 aromatic carbocycles. The molecule has 5 nitrogen and oxygen atoms in total. The number of aryl methyl sites for hydroxylation is 1. The van der Waals surface area contributed by atoms with Crippen LogP contribution in [0.4, 0.5) is 0 Å². The van der Waals surface area contributed by atoms with E-state index in [1.807, 2.05) is 11.8 Å². The minimum atomic E-state index is -0.104. The van der Waals surface area contributed by atoms with Gasteiger partial charge >= 0.3 is 0 Å². The summed E-state index contributed by atoms with van der Waals surface area (Å²) in [5.74, 6) is 0.720. The first-order valence-electron chi connectivity index (χ1n) is 8.30. The van der Waals surface area contributed by atoms with Crippen LogP contribution in [0.25, 0.3) is 0 Å². The summed E-state index contributed by atoms with van der Waals surface area (Å²) in [4.78, 5) is 14.7. The van der Waals surface area contributed by atoms with Gasteiger partial charge < -0.3 is 18.8 Å². The van der Waals surface area contributed by atoms with E-state index < -0.39 is 0 Å². The molecule has 2 fully saturated rings. The number of ether oxygens (including phenoxy) is 2. The van der Waals surface area contributed by atoms with E-state index in [4.69, 9.17) is 13.9 Å². The van der Waals surface area contributed by atoms with Crippen LogP contribution in [-0.4, -0.2) is 49.8 Å². The lowest BCUT2D eigenvalue weighted by molar-refractivity contribution is -0.144. The van der Waals surface area contributed by atoms with Gasteiger partial charge in [0.2, 0.25) is 0 Å². The van der Waals surface area contributed by atoms with Crippen molar-refractivity contribution in [3.63, 3.8) is 0 Å². The molecule has 1 aromatic rings. The Hall–Kier alpha value is -1.59. The van der Waals surface area contributed by atoms with Crippen molar-refractivity contribution < 1.29 is 18.7 Å². The molecule has 0 saturated carbocycles. The zero-order chi connectivity index (χ0) is 16.3. The average Bonchev–Trinajstić information content (AvgIpc) is 3.00. The highest BCUT2D eigenvalue weighted by Crippen LogP contribution is 2.41. The van der Waals surface area contributed by atoms with Crippen LogP contribution in [0, 0.1) is 12.3 Å². The molecule has 0 N–H and O–H groups in total. The van der Waals surface area contributed by atoms with Crippen LogP contribution in [0.1, 0.15) is 35.4 Å². The Labute approximate surface area is 137 Å². The number of amides is 1. The topological polar surface area (TPSA) is 51.9 Å². The van der Waals surface area contributed by atoms with Crippen LogP contribution >= 0.6 is 0 Å². The molecule has 2 unspecified atom stereocenters. The number of hydrogen-bond donors (Lipinski definition) is 0. The first kappa shape index (κ1) is 16.3. The largest absolute Gasteiger partial charge is 0.469 e. The quantitative estimate of drug-likeness (QED) is 0.618. The normalized spacial score (nSPS) is 27.5. The first-order chi connectivity index (χ1) is 11.2. The van der Waals surface area contributed by atoms with Gasteiger partial charge in [-0.25, -0.2) is 0 Å². The fourth-order valence-electron chi connectivity index (χ4n) is 3.80. The molecule has 1 aromatic heterocycles. The summed E-state index contributed by atoms with van der Waals surface area (Å²) in [5, 5.41) is 0. The van der Waals surface area contributed by atoms with Gasteiger partial charge in [0.05, 0.1) is 31.1 Å². The summed E-state index contributed by atoms with van der Waals surface area (Å²) >= 11 is 0. The molecule has 1 amide bonds. The Morgan fingerprint density at radius 2 is 2.48 bits per heavy atom. The molecule has 2 atom stereocenters. The molecule has 3 rings (SSSR count). The molecule has 2 saturated heterocycles. The fourth-order valence-corrected chi connectivity index (χ4v) is 3.80. The zero-order valence-electron chi connectivity index (χ0n) is 13.8. The predicted molar refractivity (Wildman–Crippen MR) is 86.4 cm³/mol. The zero-order valence-corrected chi connectivity index (χ0v) is 13.8. The van der Waals surface area contributed by atoms with Crippen molar-refractivity contribution >= 4 is 5.91 Å². The van der Waals surface area contributed by atoms with Gasteiger partial charge in [0.25, 0.3) is 5.91 Å². The third kappa shape index (κ3) is 3.21. The minimum absolute atomic E-state index is 0.0448. The summed E-state index contributed by atoms with van der Waals surface area (Å²) in [6.45, 7) is 8.87. The van der Waals surface area contributed by atoms with E-state index >= 15 is 0 Å².